The monoisotopic (exact) mass is 576 g/mol. The van der Waals surface area contributed by atoms with Crippen molar-refractivity contribution in [2.75, 3.05) is 45.9 Å². The molecule has 6 nitrogen and oxygen atoms in total. The molecule has 0 bridgehead atoms. The number of hydrogen-bond donors (Lipinski definition) is 2. The summed E-state index contributed by atoms with van der Waals surface area (Å²) in [6.45, 7) is 15.5. The number of unbranched alkanes of at least 4 members (excludes halogenated alkanes) is 15. The molecule has 236 valence electrons. The van der Waals surface area contributed by atoms with Gasteiger partial charge in [0.1, 0.15) is 0 Å². The van der Waals surface area contributed by atoms with Gasteiger partial charge < -0.3 is 28.7 Å². The molecule has 2 rings (SSSR count). The van der Waals surface area contributed by atoms with Crippen molar-refractivity contribution in [1.82, 2.24) is 0 Å². The van der Waals surface area contributed by atoms with Gasteiger partial charge in [0.15, 0.2) is 0 Å². The van der Waals surface area contributed by atoms with Crippen molar-refractivity contribution >= 4 is 7.82 Å². The molecular weight excluding hydrogens is 507 g/mol. The smallest absolute Gasteiger partial charge is 0.0773 e. The fraction of sp³-hybridized carbons (Fsp3) is 1.00. The van der Waals surface area contributed by atoms with E-state index in [0.29, 0.717) is 6.42 Å². The Bertz CT molecular complexity index is 492. The quantitative estimate of drug-likeness (QED) is 0.136. The van der Waals surface area contributed by atoms with Crippen LogP contribution in [0.25, 0.3) is 0 Å². The molecular formula is C32H69N2O4P. The lowest BCUT2D eigenvalue weighted by atomic mass is 10.1. The summed E-state index contributed by atoms with van der Waals surface area (Å²) in [5.74, 6) is 0. The Morgan fingerprint density at radius 3 is 1.15 bits per heavy atom. The first-order chi connectivity index (χ1) is 18.9. The average Bonchev–Trinajstić information content (AvgIpc) is 3.63. The lowest BCUT2D eigenvalue weighted by molar-refractivity contribution is -0.887. The Morgan fingerprint density at radius 2 is 0.821 bits per heavy atom. The maximum atomic E-state index is 10.0. The molecule has 0 unspecified atom stereocenters. The first-order valence-corrected chi connectivity index (χ1v) is 18.7. The SMILES string of the molecule is CCCCCCCCOP(=O)([O-])[O-].CCCCCCCC[NH+]1CCCC1.CCCCCCCC[NH+]1CCCC1. The average molecular weight is 577 g/mol. The fourth-order valence-electron chi connectivity index (χ4n) is 5.62. The van der Waals surface area contributed by atoms with E-state index >= 15 is 0 Å². The zero-order chi connectivity index (χ0) is 28.9. The first kappa shape index (κ1) is 39.0. The van der Waals surface area contributed by atoms with E-state index in [4.69, 9.17) is 0 Å². The molecule has 0 radical (unpaired) electrons. The second-order valence-electron chi connectivity index (χ2n) is 12.0. The van der Waals surface area contributed by atoms with E-state index in [0.717, 1.165) is 12.8 Å². The summed E-state index contributed by atoms with van der Waals surface area (Å²) in [4.78, 5) is 23.8. The van der Waals surface area contributed by atoms with Gasteiger partial charge in [-0.25, -0.2) is 0 Å². The molecule has 0 atom stereocenters. The largest absolute Gasteiger partial charge is 0.790 e. The zero-order valence-electron chi connectivity index (χ0n) is 26.6. The van der Waals surface area contributed by atoms with Crippen LogP contribution >= 0.6 is 7.82 Å². The van der Waals surface area contributed by atoms with Gasteiger partial charge >= 0.3 is 0 Å². The summed E-state index contributed by atoms with van der Waals surface area (Å²) in [5.41, 5.74) is 0. The second-order valence-corrected chi connectivity index (χ2v) is 13.2. The van der Waals surface area contributed by atoms with Crippen LogP contribution in [0, 0.1) is 0 Å². The lowest BCUT2D eigenvalue weighted by Gasteiger charge is -2.28. The van der Waals surface area contributed by atoms with Gasteiger partial charge in [0.05, 0.1) is 53.7 Å². The van der Waals surface area contributed by atoms with E-state index in [1.54, 1.807) is 0 Å². The molecule has 2 heterocycles. The molecule has 39 heavy (non-hydrogen) atoms. The van der Waals surface area contributed by atoms with Crippen molar-refractivity contribution in [3.05, 3.63) is 0 Å². The van der Waals surface area contributed by atoms with E-state index in [1.807, 2.05) is 9.80 Å². The normalized spacial score (nSPS) is 16.1. The van der Waals surface area contributed by atoms with Crippen molar-refractivity contribution in [2.45, 2.75) is 162 Å². The Balaban J connectivity index is 0.000000555. The predicted octanol–water partition coefficient (Wildman–Crippen LogP) is 5.24. The van der Waals surface area contributed by atoms with Crippen LogP contribution in [0.4, 0.5) is 0 Å². The molecule has 2 fully saturated rings. The second kappa shape index (κ2) is 29.5. The molecule has 0 saturated carbocycles. The van der Waals surface area contributed by atoms with Gasteiger partial charge in [-0.2, -0.15) is 0 Å². The van der Waals surface area contributed by atoms with Gasteiger partial charge in [-0.1, -0.05) is 104 Å². The summed E-state index contributed by atoms with van der Waals surface area (Å²) >= 11 is 0. The van der Waals surface area contributed by atoms with Crippen LogP contribution in [-0.4, -0.2) is 45.9 Å². The summed E-state index contributed by atoms with van der Waals surface area (Å²) in [7, 11) is -4.73. The van der Waals surface area contributed by atoms with E-state index in [9.17, 15) is 14.4 Å². The van der Waals surface area contributed by atoms with E-state index in [1.165, 1.54) is 161 Å². The Labute approximate surface area is 244 Å². The highest BCUT2D eigenvalue weighted by Crippen LogP contribution is 2.24. The molecule has 0 aromatic heterocycles. The first-order valence-electron chi connectivity index (χ1n) is 17.3. The standard InChI is InChI=1S/2C12H25N.C8H19O4P/c2*1-2-3-4-5-6-7-10-13-11-8-9-12-13;1-2-3-4-5-6-7-8-12-13(9,10)11/h2*2-12H2,1H3;2-8H2,1H3,(H2,9,10,11). The minimum absolute atomic E-state index is 0.0381. The molecule has 2 aliphatic heterocycles. The Morgan fingerprint density at radius 1 is 0.513 bits per heavy atom. The van der Waals surface area contributed by atoms with Crippen LogP contribution in [0.3, 0.4) is 0 Å². The summed E-state index contributed by atoms with van der Waals surface area (Å²) in [5, 5.41) is 0. The maximum Gasteiger partial charge on any atom is 0.0773 e. The summed E-state index contributed by atoms with van der Waals surface area (Å²) in [6, 6.07) is 0. The third-order valence-corrected chi connectivity index (χ3v) is 8.64. The topological polar surface area (TPSA) is 81.3 Å². The van der Waals surface area contributed by atoms with Crippen molar-refractivity contribution in [2.24, 2.45) is 0 Å². The van der Waals surface area contributed by atoms with Gasteiger partial charge in [0, 0.05) is 25.7 Å². The number of likely N-dealkylation sites (tertiary alicyclic amines) is 2. The molecule has 2 aliphatic rings. The third kappa shape index (κ3) is 30.8. The maximum absolute atomic E-state index is 10.0. The summed E-state index contributed by atoms with van der Waals surface area (Å²) < 4.78 is 14.1. The number of quaternary nitrogens is 2. The fourth-order valence-corrected chi connectivity index (χ4v) is 5.97. The lowest BCUT2D eigenvalue weighted by Crippen LogP contribution is -3.09. The molecule has 0 spiro atoms. The molecule has 2 N–H and O–H groups in total. The molecule has 2 saturated heterocycles. The van der Waals surface area contributed by atoms with Crippen LogP contribution in [0.15, 0.2) is 0 Å². The zero-order valence-corrected chi connectivity index (χ0v) is 27.5. The van der Waals surface area contributed by atoms with Gasteiger partial charge in [-0.05, 0) is 32.1 Å². The predicted molar refractivity (Wildman–Crippen MR) is 163 cm³/mol. The molecule has 0 aromatic rings. The highest BCUT2D eigenvalue weighted by Gasteiger charge is 2.14. The van der Waals surface area contributed by atoms with Crippen LogP contribution in [-0.2, 0) is 9.09 Å². The Kier molecular flexibility index (Phi) is 29.5. The van der Waals surface area contributed by atoms with Crippen molar-refractivity contribution in [3.8, 4) is 0 Å². The highest BCUT2D eigenvalue weighted by atomic mass is 31.2. The molecule has 0 aromatic carbocycles. The van der Waals surface area contributed by atoms with Crippen LogP contribution in [0.1, 0.15) is 162 Å². The van der Waals surface area contributed by atoms with Gasteiger partial charge in [0.25, 0.3) is 0 Å². The van der Waals surface area contributed by atoms with Crippen molar-refractivity contribution in [3.63, 3.8) is 0 Å². The van der Waals surface area contributed by atoms with Crippen molar-refractivity contribution in [1.29, 1.82) is 0 Å². The summed E-state index contributed by atoms with van der Waals surface area (Å²) in [6.07, 6.45) is 29.5. The highest BCUT2D eigenvalue weighted by molar-refractivity contribution is 7.43. The number of nitrogens with one attached hydrogen (secondary N) is 2. The number of hydrogen-bond acceptors (Lipinski definition) is 4. The van der Waals surface area contributed by atoms with Gasteiger partial charge in [0.2, 0.25) is 0 Å². The Hall–Kier alpha value is 0.0300. The molecule has 0 aliphatic carbocycles. The van der Waals surface area contributed by atoms with Crippen LogP contribution in [0.5, 0.6) is 0 Å². The minimum atomic E-state index is -4.73. The molecule has 0 amide bonds. The number of phosphoric ester groups is 1. The van der Waals surface area contributed by atoms with Crippen LogP contribution < -0.4 is 19.6 Å². The van der Waals surface area contributed by atoms with E-state index in [-0.39, 0.29) is 6.61 Å². The van der Waals surface area contributed by atoms with Crippen LogP contribution in [0.2, 0.25) is 0 Å². The van der Waals surface area contributed by atoms with Gasteiger partial charge in [-0.3, -0.25) is 0 Å². The minimum Gasteiger partial charge on any atom is -0.790 e. The molecule has 7 heteroatoms. The van der Waals surface area contributed by atoms with E-state index < -0.39 is 7.82 Å². The van der Waals surface area contributed by atoms with Gasteiger partial charge in [-0.15, -0.1) is 0 Å². The number of rotatable bonds is 22. The van der Waals surface area contributed by atoms with E-state index in [2.05, 4.69) is 25.3 Å². The number of phosphoric acid groups is 1. The third-order valence-electron chi connectivity index (χ3n) is 8.14. The van der Waals surface area contributed by atoms with Crippen molar-refractivity contribution < 1.29 is 28.7 Å².